The molecule has 0 saturated carbocycles. The van der Waals surface area contributed by atoms with Gasteiger partial charge in [0.2, 0.25) is 11.8 Å². The number of anilines is 2. The second-order valence-electron chi connectivity index (χ2n) is 7.97. The van der Waals surface area contributed by atoms with Crippen molar-refractivity contribution in [3.8, 4) is 0 Å². The van der Waals surface area contributed by atoms with Gasteiger partial charge >= 0.3 is 5.97 Å². The van der Waals surface area contributed by atoms with Gasteiger partial charge in [-0.1, -0.05) is 12.2 Å². The number of nitrogens with zero attached hydrogens (tertiary/aromatic N) is 1. The van der Waals surface area contributed by atoms with Crippen LogP contribution in [0.5, 0.6) is 0 Å². The van der Waals surface area contributed by atoms with E-state index in [1.54, 1.807) is 24.3 Å². The third-order valence-electron chi connectivity index (χ3n) is 5.78. The SMILES string of the molecule is CC(=O)c1ccc(NC(=O)COC(=O)c2ccc(N3C(=O)[C@H]4CC=CC[C@H]4C3=O)cc2)cc1. The Balaban J connectivity index is 1.33. The molecule has 33 heavy (non-hydrogen) atoms. The predicted octanol–water partition coefficient (Wildman–Crippen LogP) is 3.14. The van der Waals surface area contributed by atoms with E-state index in [0.29, 0.717) is 29.8 Å². The average Bonchev–Trinajstić information content (AvgIpc) is 3.08. The molecular formula is C25H22N2O6. The average molecular weight is 446 g/mol. The topological polar surface area (TPSA) is 110 Å². The van der Waals surface area contributed by atoms with Crippen LogP contribution >= 0.6 is 0 Å². The number of carbonyl (C=O) groups is 5. The van der Waals surface area contributed by atoms with Crippen LogP contribution in [-0.4, -0.2) is 36.1 Å². The van der Waals surface area contributed by atoms with Crippen LogP contribution in [0.25, 0.3) is 0 Å². The van der Waals surface area contributed by atoms with Crippen molar-refractivity contribution in [3.63, 3.8) is 0 Å². The molecule has 2 aromatic carbocycles. The van der Waals surface area contributed by atoms with Crippen molar-refractivity contribution in [2.45, 2.75) is 19.8 Å². The van der Waals surface area contributed by atoms with E-state index in [9.17, 15) is 24.0 Å². The summed E-state index contributed by atoms with van der Waals surface area (Å²) in [6, 6.07) is 12.3. The van der Waals surface area contributed by atoms with Crippen LogP contribution in [0.3, 0.4) is 0 Å². The Hall–Kier alpha value is -4.07. The minimum atomic E-state index is -0.708. The first-order valence-electron chi connectivity index (χ1n) is 10.6. The standard InChI is InChI=1S/C25H22N2O6/c1-15(28)16-6-10-18(11-7-16)26-22(29)14-33-25(32)17-8-12-19(13-9-17)27-23(30)20-4-2-3-5-21(20)24(27)31/h2-3,6-13,20-21H,4-5,14H2,1H3,(H,26,29)/t20-,21+. The van der Waals surface area contributed by atoms with E-state index < -0.39 is 18.5 Å². The number of ketones is 1. The van der Waals surface area contributed by atoms with E-state index in [2.05, 4.69) is 5.32 Å². The summed E-state index contributed by atoms with van der Waals surface area (Å²) < 4.78 is 5.05. The largest absolute Gasteiger partial charge is 0.452 e. The first kappa shape index (κ1) is 22.1. The highest BCUT2D eigenvalue weighted by Gasteiger charge is 2.47. The second kappa shape index (κ2) is 9.20. The molecule has 1 aliphatic carbocycles. The summed E-state index contributed by atoms with van der Waals surface area (Å²) in [4.78, 5) is 62.2. The summed E-state index contributed by atoms with van der Waals surface area (Å²) in [5.74, 6) is -2.42. The third-order valence-corrected chi connectivity index (χ3v) is 5.78. The molecule has 168 valence electrons. The minimum absolute atomic E-state index is 0.0818. The highest BCUT2D eigenvalue weighted by molar-refractivity contribution is 6.22. The van der Waals surface area contributed by atoms with Crippen LogP contribution in [0.2, 0.25) is 0 Å². The molecule has 0 aromatic heterocycles. The van der Waals surface area contributed by atoms with Crippen LogP contribution in [0, 0.1) is 11.8 Å². The Labute approximate surface area is 190 Å². The zero-order valence-electron chi connectivity index (χ0n) is 17.9. The summed E-state index contributed by atoms with van der Waals surface area (Å²) in [5, 5.41) is 2.58. The van der Waals surface area contributed by atoms with Crippen LogP contribution < -0.4 is 10.2 Å². The fraction of sp³-hybridized carbons (Fsp3) is 0.240. The highest BCUT2D eigenvalue weighted by Crippen LogP contribution is 2.37. The number of Topliss-reactive ketones (excluding diaryl/α,β-unsaturated/α-hetero) is 1. The van der Waals surface area contributed by atoms with Crippen molar-refractivity contribution in [1.82, 2.24) is 0 Å². The van der Waals surface area contributed by atoms with E-state index >= 15 is 0 Å². The van der Waals surface area contributed by atoms with Crippen LogP contribution in [-0.2, 0) is 19.1 Å². The Kier molecular flexibility index (Phi) is 6.17. The molecule has 3 amide bonds. The molecule has 2 aliphatic rings. The van der Waals surface area contributed by atoms with Crippen LogP contribution in [0.15, 0.2) is 60.7 Å². The molecule has 8 nitrogen and oxygen atoms in total. The summed E-state index contributed by atoms with van der Waals surface area (Å²) in [6.07, 6.45) is 4.96. The minimum Gasteiger partial charge on any atom is -0.452 e. The number of allylic oxidation sites excluding steroid dienone is 2. The van der Waals surface area contributed by atoms with E-state index in [-0.39, 0.29) is 35.0 Å². The number of rotatable bonds is 6. The first-order valence-corrected chi connectivity index (χ1v) is 10.6. The summed E-state index contributed by atoms with van der Waals surface area (Å²) in [7, 11) is 0. The Morgan fingerprint density at radius 1 is 0.879 bits per heavy atom. The Morgan fingerprint density at radius 2 is 1.42 bits per heavy atom. The molecule has 1 N–H and O–H groups in total. The van der Waals surface area contributed by atoms with Gasteiger partial charge in [0, 0.05) is 11.3 Å². The molecule has 2 aromatic rings. The quantitative estimate of drug-likeness (QED) is 0.316. The van der Waals surface area contributed by atoms with Gasteiger partial charge in [-0.05, 0) is 68.3 Å². The molecule has 1 saturated heterocycles. The monoisotopic (exact) mass is 446 g/mol. The number of ether oxygens (including phenoxy) is 1. The van der Waals surface area contributed by atoms with Gasteiger partial charge in [0.05, 0.1) is 23.1 Å². The van der Waals surface area contributed by atoms with Crippen LogP contribution in [0.1, 0.15) is 40.5 Å². The van der Waals surface area contributed by atoms with Crippen molar-refractivity contribution in [2.24, 2.45) is 11.8 Å². The van der Waals surface area contributed by atoms with Gasteiger partial charge in [0.15, 0.2) is 12.4 Å². The van der Waals surface area contributed by atoms with Gasteiger partial charge in [-0.15, -0.1) is 0 Å². The molecular weight excluding hydrogens is 424 g/mol. The number of fused-ring (bicyclic) bond motifs is 1. The summed E-state index contributed by atoms with van der Waals surface area (Å²) in [5.41, 5.74) is 1.59. The lowest BCUT2D eigenvalue weighted by molar-refractivity contribution is -0.122. The second-order valence-corrected chi connectivity index (χ2v) is 7.97. The van der Waals surface area contributed by atoms with Gasteiger partial charge in [-0.3, -0.25) is 24.1 Å². The van der Waals surface area contributed by atoms with Crippen molar-refractivity contribution >= 4 is 40.8 Å². The molecule has 0 radical (unpaired) electrons. The van der Waals surface area contributed by atoms with E-state index in [1.165, 1.54) is 36.1 Å². The van der Waals surface area contributed by atoms with Crippen molar-refractivity contribution in [1.29, 1.82) is 0 Å². The summed E-state index contributed by atoms with van der Waals surface area (Å²) in [6.45, 7) is 0.957. The lowest BCUT2D eigenvalue weighted by Crippen LogP contribution is -2.30. The molecule has 0 spiro atoms. The zero-order chi connectivity index (χ0) is 23.5. The third kappa shape index (κ3) is 4.59. The maximum atomic E-state index is 12.7. The fourth-order valence-corrected chi connectivity index (χ4v) is 4.00. The molecule has 8 heteroatoms. The molecule has 1 fully saturated rings. The van der Waals surface area contributed by atoms with Crippen LogP contribution in [0.4, 0.5) is 11.4 Å². The Morgan fingerprint density at radius 3 is 1.97 bits per heavy atom. The van der Waals surface area contributed by atoms with E-state index in [1.807, 2.05) is 12.2 Å². The number of imide groups is 1. The number of amides is 3. The molecule has 1 heterocycles. The lowest BCUT2D eigenvalue weighted by atomic mass is 9.85. The number of esters is 1. The number of benzene rings is 2. The maximum absolute atomic E-state index is 12.7. The van der Waals surface area contributed by atoms with E-state index in [0.717, 1.165) is 0 Å². The molecule has 1 aliphatic heterocycles. The number of carbonyl (C=O) groups excluding carboxylic acids is 5. The number of nitrogens with one attached hydrogen (secondary N) is 1. The smallest absolute Gasteiger partial charge is 0.338 e. The molecule has 2 atom stereocenters. The van der Waals surface area contributed by atoms with Crippen molar-refractivity contribution in [2.75, 3.05) is 16.8 Å². The first-order chi connectivity index (χ1) is 15.8. The van der Waals surface area contributed by atoms with Crippen molar-refractivity contribution in [3.05, 3.63) is 71.8 Å². The van der Waals surface area contributed by atoms with Gasteiger partial charge in [0.25, 0.3) is 5.91 Å². The van der Waals surface area contributed by atoms with Gasteiger partial charge < -0.3 is 10.1 Å². The van der Waals surface area contributed by atoms with Gasteiger partial charge in [-0.25, -0.2) is 4.79 Å². The lowest BCUT2D eigenvalue weighted by Gasteiger charge is -2.15. The van der Waals surface area contributed by atoms with Gasteiger partial charge in [-0.2, -0.15) is 0 Å². The molecule has 0 bridgehead atoms. The predicted molar refractivity (Wildman–Crippen MR) is 120 cm³/mol. The Bertz CT molecular complexity index is 1120. The highest BCUT2D eigenvalue weighted by atomic mass is 16.5. The van der Waals surface area contributed by atoms with Gasteiger partial charge in [0.1, 0.15) is 0 Å². The molecule has 0 unspecified atom stereocenters. The van der Waals surface area contributed by atoms with E-state index in [4.69, 9.17) is 4.74 Å². The van der Waals surface area contributed by atoms with Crippen molar-refractivity contribution < 1.29 is 28.7 Å². The number of hydrogen-bond acceptors (Lipinski definition) is 6. The maximum Gasteiger partial charge on any atom is 0.338 e. The normalized spacial score (nSPS) is 19.2. The fourth-order valence-electron chi connectivity index (χ4n) is 4.00. The zero-order valence-corrected chi connectivity index (χ0v) is 17.9. The number of hydrogen-bond donors (Lipinski definition) is 1. The molecule has 4 rings (SSSR count). The summed E-state index contributed by atoms with van der Waals surface area (Å²) >= 11 is 0.